The van der Waals surface area contributed by atoms with Crippen LogP contribution in [0, 0.1) is 17.2 Å². The molecule has 0 aliphatic carbocycles. The molecule has 0 amide bonds. The van der Waals surface area contributed by atoms with Crippen molar-refractivity contribution in [2.75, 3.05) is 39.9 Å². The second-order valence-electron chi connectivity index (χ2n) is 4.48. The molecule has 1 aliphatic rings. The number of hydrogen-bond acceptors (Lipinski definition) is 4. The van der Waals surface area contributed by atoms with Crippen LogP contribution in [0.25, 0.3) is 0 Å². The summed E-state index contributed by atoms with van der Waals surface area (Å²) in [6, 6.07) is 2.37. The molecule has 1 rings (SSSR count). The number of rotatable bonds is 6. The third kappa shape index (κ3) is 4.48. The van der Waals surface area contributed by atoms with Gasteiger partial charge in [0.1, 0.15) is 0 Å². The second kappa shape index (κ2) is 7.61. The topological polar surface area (TPSA) is 48.3 Å². The SMILES string of the molecule is COCCNCC1CCN(C(C)C#N)CC1. The molecule has 1 heterocycles. The summed E-state index contributed by atoms with van der Waals surface area (Å²) in [5, 5.41) is 12.2. The average Bonchev–Trinajstić information content (AvgIpc) is 2.34. The molecule has 0 spiro atoms. The van der Waals surface area contributed by atoms with Gasteiger partial charge in [-0.05, 0) is 45.3 Å². The first kappa shape index (κ1) is 13.4. The van der Waals surface area contributed by atoms with Crippen LogP contribution in [-0.4, -0.2) is 50.8 Å². The van der Waals surface area contributed by atoms with Crippen LogP contribution >= 0.6 is 0 Å². The second-order valence-corrected chi connectivity index (χ2v) is 4.48. The fourth-order valence-corrected chi connectivity index (χ4v) is 2.11. The molecule has 92 valence electrons. The number of piperidine rings is 1. The van der Waals surface area contributed by atoms with Crippen LogP contribution in [0.15, 0.2) is 0 Å². The Balaban J connectivity index is 2.10. The number of ether oxygens (including phenoxy) is 1. The monoisotopic (exact) mass is 225 g/mol. The minimum atomic E-state index is 0.0717. The van der Waals surface area contributed by atoms with E-state index in [-0.39, 0.29) is 6.04 Å². The van der Waals surface area contributed by atoms with Gasteiger partial charge in [-0.15, -0.1) is 0 Å². The average molecular weight is 225 g/mol. The Labute approximate surface area is 98.6 Å². The Kier molecular flexibility index (Phi) is 6.39. The fraction of sp³-hybridized carbons (Fsp3) is 0.917. The van der Waals surface area contributed by atoms with Crippen LogP contribution in [-0.2, 0) is 4.74 Å². The normalized spacial score (nSPS) is 20.6. The molecule has 0 radical (unpaired) electrons. The summed E-state index contributed by atoms with van der Waals surface area (Å²) in [4.78, 5) is 2.27. The van der Waals surface area contributed by atoms with E-state index in [4.69, 9.17) is 10.00 Å². The molecule has 1 N–H and O–H groups in total. The molecule has 1 atom stereocenters. The van der Waals surface area contributed by atoms with Crippen molar-refractivity contribution in [1.82, 2.24) is 10.2 Å². The van der Waals surface area contributed by atoms with Gasteiger partial charge in [0.05, 0.1) is 18.7 Å². The summed E-state index contributed by atoms with van der Waals surface area (Å²) in [6.45, 7) is 6.90. The lowest BCUT2D eigenvalue weighted by Gasteiger charge is -2.33. The molecule has 4 heteroatoms. The minimum absolute atomic E-state index is 0.0717. The molecule has 1 unspecified atom stereocenters. The van der Waals surface area contributed by atoms with Gasteiger partial charge in [-0.1, -0.05) is 0 Å². The maximum absolute atomic E-state index is 8.84. The van der Waals surface area contributed by atoms with Gasteiger partial charge in [0, 0.05) is 13.7 Å². The molecular formula is C12H23N3O. The minimum Gasteiger partial charge on any atom is -0.383 e. The Morgan fingerprint density at radius 1 is 1.50 bits per heavy atom. The summed E-state index contributed by atoms with van der Waals surface area (Å²) >= 11 is 0. The number of nitrogens with zero attached hydrogens (tertiary/aromatic N) is 2. The summed E-state index contributed by atoms with van der Waals surface area (Å²) in [5.41, 5.74) is 0. The maximum Gasteiger partial charge on any atom is 0.0949 e. The fourth-order valence-electron chi connectivity index (χ4n) is 2.11. The zero-order valence-electron chi connectivity index (χ0n) is 10.4. The third-order valence-electron chi connectivity index (χ3n) is 3.30. The van der Waals surface area contributed by atoms with Crippen LogP contribution in [0.3, 0.4) is 0 Å². The summed E-state index contributed by atoms with van der Waals surface area (Å²) in [5.74, 6) is 0.763. The summed E-state index contributed by atoms with van der Waals surface area (Å²) < 4.78 is 4.99. The van der Waals surface area contributed by atoms with Gasteiger partial charge in [-0.3, -0.25) is 4.90 Å². The lowest BCUT2D eigenvalue weighted by atomic mass is 9.96. The molecule has 0 bridgehead atoms. The van der Waals surface area contributed by atoms with E-state index in [0.29, 0.717) is 0 Å². The van der Waals surface area contributed by atoms with Crippen molar-refractivity contribution in [1.29, 1.82) is 5.26 Å². The van der Waals surface area contributed by atoms with E-state index < -0.39 is 0 Å². The van der Waals surface area contributed by atoms with Crippen molar-refractivity contribution in [3.05, 3.63) is 0 Å². The van der Waals surface area contributed by atoms with Gasteiger partial charge >= 0.3 is 0 Å². The Hall–Kier alpha value is -0.630. The van der Waals surface area contributed by atoms with Crippen LogP contribution in [0.5, 0.6) is 0 Å². The van der Waals surface area contributed by atoms with Crippen molar-refractivity contribution in [2.24, 2.45) is 5.92 Å². The highest BCUT2D eigenvalue weighted by Gasteiger charge is 2.21. The first-order valence-electron chi connectivity index (χ1n) is 6.11. The van der Waals surface area contributed by atoms with Gasteiger partial charge in [0.25, 0.3) is 0 Å². The molecule has 0 aromatic heterocycles. The molecule has 0 saturated carbocycles. The molecule has 16 heavy (non-hydrogen) atoms. The lowest BCUT2D eigenvalue weighted by Crippen LogP contribution is -2.41. The molecule has 1 fully saturated rings. The predicted octanol–water partition coefficient (Wildman–Crippen LogP) is 0.846. The Bertz CT molecular complexity index is 219. The van der Waals surface area contributed by atoms with Crippen LogP contribution in [0.1, 0.15) is 19.8 Å². The van der Waals surface area contributed by atoms with E-state index in [1.165, 1.54) is 12.8 Å². The van der Waals surface area contributed by atoms with Gasteiger partial charge in [0.2, 0.25) is 0 Å². The molecule has 0 aromatic rings. The van der Waals surface area contributed by atoms with Crippen LogP contribution < -0.4 is 5.32 Å². The predicted molar refractivity (Wildman–Crippen MR) is 64.1 cm³/mol. The van der Waals surface area contributed by atoms with Gasteiger partial charge in [0.15, 0.2) is 0 Å². The number of nitriles is 1. The number of likely N-dealkylation sites (tertiary alicyclic amines) is 1. The quantitative estimate of drug-likeness (QED) is 0.681. The van der Waals surface area contributed by atoms with Crippen LogP contribution in [0.4, 0.5) is 0 Å². The molecule has 1 saturated heterocycles. The number of hydrogen-bond donors (Lipinski definition) is 1. The standard InChI is InChI=1S/C12H23N3O/c1-11(9-13)15-6-3-12(4-7-15)10-14-5-8-16-2/h11-12,14H,3-8,10H2,1-2H3. The Morgan fingerprint density at radius 3 is 2.75 bits per heavy atom. The van der Waals surface area contributed by atoms with Crippen LogP contribution in [0.2, 0.25) is 0 Å². The zero-order valence-corrected chi connectivity index (χ0v) is 10.4. The smallest absolute Gasteiger partial charge is 0.0949 e. The van der Waals surface area contributed by atoms with E-state index in [1.54, 1.807) is 7.11 Å². The molecular weight excluding hydrogens is 202 g/mol. The number of nitrogens with one attached hydrogen (secondary N) is 1. The van der Waals surface area contributed by atoms with Crippen molar-refractivity contribution < 1.29 is 4.74 Å². The maximum atomic E-state index is 8.84. The van der Waals surface area contributed by atoms with Crippen molar-refractivity contribution in [2.45, 2.75) is 25.8 Å². The Morgan fingerprint density at radius 2 is 2.19 bits per heavy atom. The highest BCUT2D eigenvalue weighted by atomic mass is 16.5. The summed E-state index contributed by atoms with van der Waals surface area (Å²) in [7, 11) is 1.73. The van der Waals surface area contributed by atoms with E-state index in [2.05, 4.69) is 16.3 Å². The molecule has 0 aromatic carbocycles. The van der Waals surface area contributed by atoms with Gasteiger partial charge < -0.3 is 10.1 Å². The van der Waals surface area contributed by atoms with E-state index in [9.17, 15) is 0 Å². The zero-order chi connectivity index (χ0) is 11.8. The number of methoxy groups -OCH3 is 1. The van der Waals surface area contributed by atoms with E-state index in [1.807, 2.05) is 6.92 Å². The highest BCUT2D eigenvalue weighted by Crippen LogP contribution is 2.17. The van der Waals surface area contributed by atoms with Gasteiger partial charge in [-0.25, -0.2) is 0 Å². The van der Waals surface area contributed by atoms with Crippen molar-refractivity contribution in [3.8, 4) is 6.07 Å². The highest BCUT2D eigenvalue weighted by molar-refractivity contribution is 4.90. The largest absolute Gasteiger partial charge is 0.383 e. The van der Waals surface area contributed by atoms with E-state index in [0.717, 1.165) is 38.7 Å². The lowest BCUT2D eigenvalue weighted by molar-refractivity contribution is 0.159. The van der Waals surface area contributed by atoms with Crippen molar-refractivity contribution in [3.63, 3.8) is 0 Å². The molecule has 1 aliphatic heterocycles. The third-order valence-corrected chi connectivity index (χ3v) is 3.30. The van der Waals surface area contributed by atoms with Crippen molar-refractivity contribution >= 4 is 0 Å². The first-order valence-corrected chi connectivity index (χ1v) is 6.11. The van der Waals surface area contributed by atoms with E-state index >= 15 is 0 Å². The first-order chi connectivity index (χ1) is 7.77. The summed E-state index contributed by atoms with van der Waals surface area (Å²) in [6.07, 6.45) is 2.40. The molecule has 4 nitrogen and oxygen atoms in total. The van der Waals surface area contributed by atoms with Gasteiger partial charge in [-0.2, -0.15) is 5.26 Å².